The molecule has 1 nitrogen and oxygen atoms in total. The Bertz CT molecular complexity index is 893. The van der Waals surface area contributed by atoms with Crippen LogP contribution in [0.4, 0.5) is 0 Å². The van der Waals surface area contributed by atoms with Crippen LogP contribution in [0, 0.1) is 0 Å². The van der Waals surface area contributed by atoms with Crippen LogP contribution in [0.15, 0.2) is 49.0 Å². The van der Waals surface area contributed by atoms with E-state index >= 15 is 0 Å². The number of halogens is 1. The highest BCUT2D eigenvalue weighted by Crippen LogP contribution is 2.35. The van der Waals surface area contributed by atoms with E-state index in [9.17, 15) is 0 Å². The minimum Gasteiger partial charge on any atom is -1.00 e. The molecule has 1 aliphatic heterocycles. The summed E-state index contributed by atoms with van der Waals surface area (Å²) in [5.74, 6) is 0. The van der Waals surface area contributed by atoms with E-state index in [4.69, 9.17) is 0 Å². The third-order valence-electron chi connectivity index (χ3n) is 4.63. The molecule has 1 aliphatic rings. The average molecular weight is 354 g/mol. The number of hydrogen-bond acceptors (Lipinski definition) is 0. The first-order valence-corrected chi connectivity index (χ1v) is 7.49. The first kappa shape index (κ1) is 15.3. The van der Waals surface area contributed by atoms with Gasteiger partial charge in [-0.2, -0.15) is 0 Å². The van der Waals surface area contributed by atoms with Crippen LogP contribution in [0.2, 0.25) is 0 Å². The molecule has 3 aromatic rings. The maximum absolute atomic E-state index is 4.01. The Morgan fingerprint density at radius 2 is 1.55 bits per heavy atom. The van der Waals surface area contributed by atoms with E-state index < -0.39 is 0 Å². The Morgan fingerprint density at radius 3 is 2.23 bits per heavy atom. The van der Waals surface area contributed by atoms with E-state index in [0.717, 1.165) is 17.6 Å². The van der Waals surface area contributed by atoms with Gasteiger partial charge in [0.1, 0.15) is 13.1 Å². The third kappa shape index (κ3) is 2.27. The molecule has 0 aromatic heterocycles. The molecule has 0 saturated carbocycles. The predicted octanol–water partition coefficient (Wildman–Crippen LogP) is 1.73. The summed E-state index contributed by atoms with van der Waals surface area (Å²) < 4.78 is 1.05. The highest BCUT2D eigenvalue weighted by atomic mass is 79.9. The van der Waals surface area contributed by atoms with Gasteiger partial charge in [-0.25, -0.2) is 0 Å². The molecule has 0 atom stereocenters. The van der Waals surface area contributed by atoms with Crippen LogP contribution in [0.3, 0.4) is 0 Å². The summed E-state index contributed by atoms with van der Waals surface area (Å²) in [5.41, 5.74) is 4.23. The van der Waals surface area contributed by atoms with Crippen molar-refractivity contribution in [3.05, 3.63) is 65.7 Å². The fraction of sp³-hybridized carbons (Fsp3) is 0.200. The van der Waals surface area contributed by atoms with Crippen LogP contribution in [0.5, 0.6) is 0 Å². The molecule has 1 heterocycles. The fourth-order valence-electron chi connectivity index (χ4n) is 3.71. The minimum absolute atomic E-state index is 0. The van der Waals surface area contributed by atoms with Crippen LogP contribution >= 0.6 is 0 Å². The summed E-state index contributed by atoms with van der Waals surface area (Å²) in [7, 11) is 4.61. The molecular weight excluding hydrogens is 334 g/mol. The van der Waals surface area contributed by atoms with E-state index in [2.05, 4.69) is 63.1 Å². The molecule has 0 amide bonds. The quantitative estimate of drug-likeness (QED) is 0.461. The number of hydrogen-bond donors (Lipinski definition) is 0. The molecule has 0 saturated heterocycles. The highest BCUT2D eigenvalue weighted by Gasteiger charge is 2.28. The number of quaternary nitrogens is 1. The van der Waals surface area contributed by atoms with Crippen molar-refractivity contribution in [2.75, 3.05) is 14.1 Å². The molecule has 112 valence electrons. The molecule has 3 aromatic carbocycles. The van der Waals surface area contributed by atoms with Crippen molar-refractivity contribution < 1.29 is 21.5 Å². The highest BCUT2D eigenvalue weighted by molar-refractivity contribution is 6.11. The predicted molar refractivity (Wildman–Crippen MR) is 91.1 cm³/mol. The topological polar surface area (TPSA) is 0 Å². The van der Waals surface area contributed by atoms with E-state index in [0.29, 0.717) is 0 Å². The maximum atomic E-state index is 4.01. The minimum atomic E-state index is 0. The second-order valence-corrected chi connectivity index (χ2v) is 6.81. The molecule has 0 fully saturated rings. The summed E-state index contributed by atoms with van der Waals surface area (Å²) in [6.45, 7) is 6.25. The van der Waals surface area contributed by atoms with E-state index in [1.165, 1.54) is 38.2 Å². The summed E-state index contributed by atoms with van der Waals surface area (Å²) in [6.07, 6.45) is 1.98. The molecule has 2 heteroatoms. The van der Waals surface area contributed by atoms with Crippen molar-refractivity contribution in [1.82, 2.24) is 0 Å². The summed E-state index contributed by atoms with van der Waals surface area (Å²) in [6, 6.07) is 15.7. The Kier molecular flexibility index (Phi) is 3.62. The zero-order valence-electron chi connectivity index (χ0n) is 13.1. The largest absolute Gasteiger partial charge is 1.00 e. The van der Waals surface area contributed by atoms with Crippen molar-refractivity contribution in [2.24, 2.45) is 0 Å². The zero-order valence-corrected chi connectivity index (χ0v) is 14.7. The van der Waals surface area contributed by atoms with E-state index in [1.807, 2.05) is 6.08 Å². The lowest BCUT2D eigenvalue weighted by Crippen LogP contribution is -3.00. The van der Waals surface area contributed by atoms with Crippen molar-refractivity contribution in [1.29, 1.82) is 0 Å². The van der Waals surface area contributed by atoms with Crippen molar-refractivity contribution in [2.45, 2.75) is 13.1 Å². The van der Waals surface area contributed by atoms with Gasteiger partial charge in [-0.15, -0.1) is 0 Å². The van der Waals surface area contributed by atoms with E-state index in [-0.39, 0.29) is 17.0 Å². The lowest BCUT2D eigenvalue weighted by Gasteiger charge is -2.22. The van der Waals surface area contributed by atoms with Crippen LogP contribution < -0.4 is 17.0 Å². The molecule has 0 unspecified atom stereocenters. The van der Waals surface area contributed by atoms with E-state index in [1.54, 1.807) is 0 Å². The monoisotopic (exact) mass is 353 g/mol. The summed E-state index contributed by atoms with van der Waals surface area (Å²) in [4.78, 5) is 0. The molecular formula is C20H20BrN. The van der Waals surface area contributed by atoms with Crippen molar-refractivity contribution in [3.63, 3.8) is 0 Å². The molecule has 4 rings (SSSR count). The molecule has 0 radical (unpaired) electrons. The van der Waals surface area contributed by atoms with Gasteiger partial charge in [0.2, 0.25) is 0 Å². The van der Waals surface area contributed by atoms with Gasteiger partial charge in [0, 0.05) is 11.1 Å². The SMILES string of the molecule is C=Cc1cc2ccccc2c2cc3c(cc12)C[N+](C)(C)C3.[Br-]. The average Bonchev–Trinajstić information content (AvgIpc) is 2.77. The Labute approximate surface area is 142 Å². The first-order chi connectivity index (χ1) is 10.1. The molecule has 22 heavy (non-hydrogen) atoms. The van der Waals surface area contributed by atoms with Crippen LogP contribution in [0.1, 0.15) is 16.7 Å². The van der Waals surface area contributed by atoms with Crippen LogP contribution in [-0.2, 0) is 13.1 Å². The Morgan fingerprint density at radius 1 is 0.909 bits per heavy atom. The second kappa shape index (κ2) is 5.22. The van der Waals surface area contributed by atoms with Gasteiger partial charge in [-0.1, -0.05) is 36.9 Å². The first-order valence-electron chi connectivity index (χ1n) is 7.49. The molecule has 0 N–H and O–H groups in total. The van der Waals surface area contributed by atoms with Gasteiger partial charge < -0.3 is 21.5 Å². The van der Waals surface area contributed by atoms with Gasteiger partial charge in [-0.05, 0) is 45.3 Å². The Hall–Kier alpha value is -1.64. The van der Waals surface area contributed by atoms with Crippen molar-refractivity contribution >= 4 is 27.6 Å². The second-order valence-electron chi connectivity index (χ2n) is 6.81. The van der Waals surface area contributed by atoms with Crippen molar-refractivity contribution in [3.8, 4) is 0 Å². The fourth-order valence-corrected chi connectivity index (χ4v) is 3.71. The third-order valence-corrected chi connectivity index (χ3v) is 4.63. The molecule has 0 bridgehead atoms. The van der Waals surface area contributed by atoms with Crippen LogP contribution in [0.25, 0.3) is 27.6 Å². The lowest BCUT2D eigenvalue weighted by atomic mass is 9.94. The summed E-state index contributed by atoms with van der Waals surface area (Å²) >= 11 is 0. The standard InChI is InChI=1S/C20H20N.BrH/c1-4-14-9-15-7-5-6-8-18(15)20-11-17-13-21(2,3)12-16(17)10-19(14)20;/h4-11H,1,12-13H2,2-3H3;1H/q+1;/p-1. The lowest BCUT2D eigenvalue weighted by molar-refractivity contribution is -0.910. The van der Waals surface area contributed by atoms with Crippen LogP contribution in [-0.4, -0.2) is 18.6 Å². The molecule has 0 aliphatic carbocycles. The molecule has 0 spiro atoms. The zero-order chi connectivity index (χ0) is 14.6. The van der Waals surface area contributed by atoms with Gasteiger partial charge in [0.15, 0.2) is 0 Å². The number of rotatable bonds is 1. The van der Waals surface area contributed by atoms with Gasteiger partial charge >= 0.3 is 0 Å². The Balaban J connectivity index is 0.00000144. The maximum Gasteiger partial charge on any atom is 0.105 e. The van der Waals surface area contributed by atoms with Gasteiger partial charge in [0.05, 0.1) is 14.1 Å². The van der Waals surface area contributed by atoms with Gasteiger partial charge in [0.25, 0.3) is 0 Å². The number of nitrogens with zero attached hydrogens (tertiary/aromatic N) is 1. The summed E-state index contributed by atoms with van der Waals surface area (Å²) in [5, 5.41) is 5.35. The number of benzene rings is 3. The number of fused-ring (bicyclic) bond motifs is 4. The normalized spacial score (nSPS) is 15.5. The van der Waals surface area contributed by atoms with Gasteiger partial charge in [-0.3, -0.25) is 0 Å². The smallest absolute Gasteiger partial charge is 0.105 e.